The molecule has 0 aromatic carbocycles. The van der Waals surface area contributed by atoms with E-state index in [1.54, 1.807) is 0 Å². The lowest BCUT2D eigenvalue weighted by atomic mass is 9.87. The molecule has 2 rings (SSSR count). The molecule has 0 aliphatic heterocycles. The van der Waals surface area contributed by atoms with E-state index < -0.39 is 0 Å². The molecule has 1 aliphatic carbocycles. The van der Waals surface area contributed by atoms with Crippen molar-refractivity contribution in [3.05, 3.63) is 18.2 Å². The minimum atomic E-state index is 0.898. The largest absolute Gasteiger partial charge is 0.338 e. The maximum absolute atomic E-state index is 4.37. The van der Waals surface area contributed by atoms with Gasteiger partial charge in [0.15, 0.2) is 0 Å². The second-order valence-electron chi connectivity index (χ2n) is 4.16. The summed E-state index contributed by atoms with van der Waals surface area (Å²) in [7, 11) is 2.09. The van der Waals surface area contributed by atoms with E-state index in [2.05, 4.69) is 16.6 Å². The minimum absolute atomic E-state index is 0.898. The van der Waals surface area contributed by atoms with E-state index in [0.29, 0.717) is 0 Å². The SMILES string of the molecule is Cn1ccnc1CC1CCCCC1. The Bertz CT molecular complexity index is 259. The highest BCUT2D eigenvalue weighted by Crippen LogP contribution is 2.26. The first kappa shape index (κ1) is 8.79. The molecular formula is C11H18N2. The summed E-state index contributed by atoms with van der Waals surface area (Å²) in [5.74, 6) is 2.15. The predicted octanol–water partition coefficient (Wildman–Crippen LogP) is 2.54. The zero-order chi connectivity index (χ0) is 9.10. The van der Waals surface area contributed by atoms with Crippen LogP contribution >= 0.6 is 0 Å². The topological polar surface area (TPSA) is 17.8 Å². The fraction of sp³-hybridized carbons (Fsp3) is 0.727. The first-order valence-corrected chi connectivity index (χ1v) is 5.32. The van der Waals surface area contributed by atoms with Crippen molar-refractivity contribution in [2.45, 2.75) is 38.5 Å². The monoisotopic (exact) mass is 178 g/mol. The van der Waals surface area contributed by atoms with Gasteiger partial charge in [-0.15, -0.1) is 0 Å². The Kier molecular flexibility index (Phi) is 2.67. The molecule has 1 saturated carbocycles. The lowest BCUT2D eigenvalue weighted by Crippen LogP contribution is -2.12. The van der Waals surface area contributed by atoms with Crippen LogP contribution in [0.4, 0.5) is 0 Å². The molecule has 2 nitrogen and oxygen atoms in total. The summed E-state index contributed by atoms with van der Waals surface area (Å²) in [5, 5.41) is 0. The Morgan fingerprint density at radius 3 is 2.77 bits per heavy atom. The third-order valence-electron chi connectivity index (χ3n) is 3.12. The minimum Gasteiger partial charge on any atom is -0.338 e. The summed E-state index contributed by atoms with van der Waals surface area (Å²) < 4.78 is 2.15. The summed E-state index contributed by atoms with van der Waals surface area (Å²) in [4.78, 5) is 4.37. The van der Waals surface area contributed by atoms with Gasteiger partial charge in [0.25, 0.3) is 0 Å². The van der Waals surface area contributed by atoms with E-state index in [0.717, 1.165) is 5.92 Å². The lowest BCUT2D eigenvalue weighted by Gasteiger charge is -2.20. The molecule has 1 heterocycles. The molecule has 0 N–H and O–H groups in total. The predicted molar refractivity (Wildman–Crippen MR) is 53.5 cm³/mol. The number of hydrogen-bond acceptors (Lipinski definition) is 1. The van der Waals surface area contributed by atoms with Crippen LogP contribution in [0.3, 0.4) is 0 Å². The second kappa shape index (κ2) is 3.95. The van der Waals surface area contributed by atoms with Crippen LogP contribution in [-0.2, 0) is 13.5 Å². The molecule has 13 heavy (non-hydrogen) atoms. The summed E-state index contributed by atoms with van der Waals surface area (Å²) in [6.45, 7) is 0. The van der Waals surface area contributed by atoms with Crippen molar-refractivity contribution in [1.29, 1.82) is 0 Å². The number of aromatic nitrogens is 2. The Morgan fingerprint density at radius 2 is 2.15 bits per heavy atom. The molecule has 2 heteroatoms. The van der Waals surface area contributed by atoms with Gasteiger partial charge in [0.05, 0.1) is 0 Å². The first-order valence-electron chi connectivity index (χ1n) is 5.32. The van der Waals surface area contributed by atoms with Crippen molar-refractivity contribution < 1.29 is 0 Å². The number of imidazole rings is 1. The van der Waals surface area contributed by atoms with E-state index in [1.165, 1.54) is 44.3 Å². The fourth-order valence-corrected chi connectivity index (χ4v) is 2.24. The second-order valence-corrected chi connectivity index (χ2v) is 4.16. The van der Waals surface area contributed by atoms with Gasteiger partial charge in [-0.2, -0.15) is 0 Å². The van der Waals surface area contributed by atoms with Crippen LogP contribution in [0.25, 0.3) is 0 Å². The number of aryl methyl sites for hydroxylation is 1. The molecule has 1 aromatic rings. The van der Waals surface area contributed by atoms with Gasteiger partial charge in [0.1, 0.15) is 5.82 Å². The van der Waals surface area contributed by atoms with Gasteiger partial charge in [0, 0.05) is 25.9 Å². The lowest BCUT2D eigenvalue weighted by molar-refractivity contribution is 0.349. The van der Waals surface area contributed by atoms with Crippen LogP contribution < -0.4 is 0 Å². The molecular weight excluding hydrogens is 160 g/mol. The molecule has 0 unspecified atom stereocenters. The number of rotatable bonds is 2. The van der Waals surface area contributed by atoms with Gasteiger partial charge < -0.3 is 4.57 Å². The molecule has 1 aliphatic rings. The van der Waals surface area contributed by atoms with E-state index in [1.807, 2.05) is 12.4 Å². The van der Waals surface area contributed by atoms with E-state index in [-0.39, 0.29) is 0 Å². The third kappa shape index (κ3) is 2.11. The Labute approximate surface area is 80.0 Å². The van der Waals surface area contributed by atoms with Crippen molar-refractivity contribution in [3.8, 4) is 0 Å². The summed E-state index contributed by atoms with van der Waals surface area (Å²) >= 11 is 0. The van der Waals surface area contributed by atoms with E-state index in [9.17, 15) is 0 Å². The average molecular weight is 178 g/mol. The summed E-state index contributed by atoms with van der Waals surface area (Å²) in [6, 6.07) is 0. The molecule has 1 fully saturated rings. The standard InChI is InChI=1S/C11H18N2/c1-13-8-7-12-11(13)9-10-5-3-2-4-6-10/h7-8,10H,2-6,9H2,1H3. The van der Waals surface area contributed by atoms with Gasteiger partial charge in [-0.25, -0.2) is 4.98 Å². The van der Waals surface area contributed by atoms with Gasteiger partial charge in [-0.3, -0.25) is 0 Å². The molecule has 0 amide bonds. The molecule has 0 spiro atoms. The van der Waals surface area contributed by atoms with E-state index >= 15 is 0 Å². The van der Waals surface area contributed by atoms with Crippen molar-refractivity contribution in [3.63, 3.8) is 0 Å². The van der Waals surface area contributed by atoms with Crippen molar-refractivity contribution >= 4 is 0 Å². The van der Waals surface area contributed by atoms with Crippen molar-refractivity contribution in [2.24, 2.45) is 13.0 Å². The summed E-state index contributed by atoms with van der Waals surface area (Å²) in [5.41, 5.74) is 0. The summed E-state index contributed by atoms with van der Waals surface area (Å²) in [6.07, 6.45) is 12.2. The third-order valence-corrected chi connectivity index (χ3v) is 3.12. The van der Waals surface area contributed by atoms with Gasteiger partial charge in [-0.05, 0) is 5.92 Å². The smallest absolute Gasteiger partial charge is 0.108 e. The Balaban J connectivity index is 1.93. The van der Waals surface area contributed by atoms with Crippen LogP contribution in [0.1, 0.15) is 37.9 Å². The van der Waals surface area contributed by atoms with E-state index in [4.69, 9.17) is 0 Å². The maximum atomic E-state index is 4.37. The highest BCUT2D eigenvalue weighted by atomic mass is 15.0. The number of hydrogen-bond donors (Lipinski definition) is 0. The van der Waals surface area contributed by atoms with Crippen molar-refractivity contribution in [2.75, 3.05) is 0 Å². The first-order chi connectivity index (χ1) is 6.36. The number of nitrogens with zero attached hydrogens (tertiary/aromatic N) is 2. The molecule has 1 aromatic heterocycles. The average Bonchev–Trinajstić information content (AvgIpc) is 2.54. The van der Waals surface area contributed by atoms with Crippen molar-refractivity contribution in [1.82, 2.24) is 9.55 Å². The van der Waals surface area contributed by atoms with Gasteiger partial charge in [0.2, 0.25) is 0 Å². The normalized spacial score (nSPS) is 19.2. The van der Waals surface area contributed by atoms with Gasteiger partial charge >= 0.3 is 0 Å². The van der Waals surface area contributed by atoms with Crippen LogP contribution in [0, 0.1) is 5.92 Å². The van der Waals surface area contributed by atoms with Crippen LogP contribution in [0.15, 0.2) is 12.4 Å². The highest BCUT2D eigenvalue weighted by Gasteiger charge is 2.15. The zero-order valence-electron chi connectivity index (χ0n) is 8.37. The molecule has 0 radical (unpaired) electrons. The molecule has 0 saturated heterocycles. The molecule has 0 bridgehead atoms. The highest BCUT2D eigenvalue weighted by molar-refractivity contribution is 4.93. The van der Waals surface area contributed by atoms with Crippen LogP contribution in [0.2, 0.25) is 0 Å². The Hall–Kier alpha value is -0.790. The maximum Gasteiger partial charge on any atom is 0.108 e. The quantitative estimate of drug-likeness (QED) is 0.680. The molecule has 72 valence electrons. The van der Waals surface area contributed by atoms with Crippen LogP contribution in [0.5, 0.6) is 0 Å². The zero-order valence-corrected chi connectivity index (χ0v) is 8.37. The molecule has 0 atom stereocenters. The van der Waals surface area contributed by atoms with Gasteiger partial charge in [-0.1, -0.05) is 32.1 Å². The Morgan fingerprint density at radius 1 is 1.38 bits per heavy atom. The van der Waals surface area contributed by atoms with Crippen LogP contribution in [-0.4, -0.2) is 9.55 Å². The fourth-order valence-electron chi connectivity index (χ4n) is 2.24.